The van der Waals surface area contributed by atoms with Crippen LogP contribution in [0.4, 0.5) is 5.69 Å². The van der Waals surface area contributed by atoms with Crippen LogP contribution in [0.15, 0.2) is 24.3 Å². The van der Waals surface area contributed by atoms with Gasteiger partial charge in [-0.2, -0.15) is 0 Å². The Hall–Kier alpha value is -1.07. The Balaban J connectivity index is 1.75. The summed E-state index contributed by atoms with van der Waals surface area (Å²) in [6.45, 7) is 5.30. The molecule has 0 amide bonds. The quantitative estimate of drug-likeness (QED) is 0.850. The van der Waals surface area contributed by atoms with Gasteiger partial charge in [0.1, 0.15) is 9.84 Å². The maximum Gasteiger partial charge on any atom is 0.150 e. The van der Waals surface area contributed by atoms with Crippen molar-refractivity contribution in [1.82, 2.24) is 4.90 Å². The highest BCUT2D eigenvalue weighted by molar-refractivity contribution is 7.91. The van der Waals surface area contributed by atoms with Crippen molar-refractivity contribution in [1.29, 1.82) is 0 Å². The lowest BCUT2D eigenvalue weighted by atomic mass is 10.0. The van der Waals surface area contributed by atoms with Gasteiger partial charge in [-0.15, -0.1) is 0 Å². The Morgan fingerprint density at radius 3 is 2.57 bits per heavy atom. The standard InChI is InChI=1S/C18H28N2O2S/c1-3-17-14-19(2)18-7-5-4-6-16(18)13-20(17)12-15-8-10-23(21,22)11-9-15/h4-7,15,17H,3,8-14H2,1-2H3. The Morgan fingerprint density at radius 1 is 1.17 bits per heavy atom. The number of benzene rings is 1. The number of hydrogen-bond acceptors (Lipinski definition) is 4. The molecule has 1 unspecified atom stereocenters. The minimum Gasteiger partial charge on any atom is -0.373 e. The highest BCUT2D eigenvalue weighted by Crippen LogP contribution is 2.29. The molecule has 1 aromatic carbocycles. The lowest BCUT2D eigenvalue weighted by molar-refractivity contribution is 0.156. The summed E-state index contributed by atoms with van der Waals surface area (Å²) >= 11 is 0. The van der Waals surface area contributed by atoms with E-state index in [2.05, 4.69) is 48.0 Å². The molecular weight excluding hydrogens is 308 g/mol. The summed E-state index contributed by atoms with van der Waals surface area (Å²) < 4.78 is 23.3. The number of likely N-dealkylation sites (N-methyl/N-ethyl adjacent to an activating group) is 1. The van der Waals surface area contributed by atoms with E-state index >= 15 is 0 Å². The summed E-state index contributed by atoms with van der Waals surface area (Å²) in [5.74, 6) is 1.26. The molecule has 1 atom stereocenters. The molecule has 0 aliphatic carbocycles. The topological polar surface area (TPSA) is 40.6 Å². The molecule has 0 aromatic heterocycles. The van der Waals surface area contributed by atoms with Crippen LogP contribution >= 0.6 is 0 Å². The molecule has 2 aliphatic rings. The summed E-state index contributed by atoms with van der Waals surface area (Å²) in [6, 6.07) is 9.19. The smallest absolute Gasteiger partial charge is 0.150 e. The third-order valence-electron chi connectivity index (χ3n) is 5.42. The van der Waals surface area contributed by atoms with Crippen LogP contribution in [-0.4, -0.2) is 51.0 Å². The highest BCUT2D eigenvalue weighted by atomic mass is 32.2. The van der Waals surface area contributed by atoms with E-state index in [9.17, 15) is 8.42 Å². The van der Waals surface area contributed by atoms with Crippen molar-refractivity contribution in [3.8, 4) is 0 Å². The second kappa shape index (κ2) is 6.81. The van der Waals surface area contributed by atoms with Crippen molar-refractivity contribution in [2.24, 2.45) is 5.92 Å². The van der Waals surface area contributed by atoms with Crippen LogP contribution in [0, 0.1) is 5.92 Å². The summed E-state index contributed by atoms with van der Waals surface area (Å²) in [6.07, 6.45) is 2.78. The third-order valence-corrected chi connectivity index (χ3v) is 7.13. The normalized spacial score (nSPS) is 25.8. The van der Waals surface area contributed by atoms with E-state index in [1.807, 2.05) is 0 Å². The zero-order valence-electron chi connectivity index (χ0n) is 14.2. The van der Waals surface area contributed by atoms with Crippen LogP contribution in [0.1, 0.15) is 31.7 Å². The molecular formula is C18H28N2O2S. The molecule has 0 bridgehead atoms. The number of sulfone groups is 1. The number of anilines is 1. The second-order valence-corrected chi connectivity index (χ2v) is 9.40. The molecule has 0 spiro atoms. The van der Waals surface area contributed by atoms with Crippen molar-refractivity contribution in [2.45, 2.75) is 38.8 Å². The second-order valence-electron chi connectivity index (χ2n) is 7.10. The van der Waals surface area contributed by atoms with Crippen molar-refractivity contribution < 1.29 is 8.42 Å². The van der Waals surface area contributed by atoms with E-state index < -0.39 is 9.84 Å². The first-order chi connectivity index (χ1) is 11.0. The summed E-state index contributed by atoms with van der Waals surface area (Å²) in [5.41, 5.74) is 2.72. The van der Waals surface area contributed by atoms with Crippen molar-refractivity contribution in [2.75, 3.05) is 36.5 Å². The minimum atomic E-state index is -2.77. The number of fused-ring (bicyclic) bond motifs is 1. The van der Waals surface area contributed by atoms with E-state index in [0.29, 0.717) is 23.5 Å². The predicted molar refractivity (Wildman–Crippen MR) is 95.6 cm³/mol. The van der Waals surface area contributed by atoms with Crippen LogP contribution in [0.2, 0.25) is 0 Å². The van der Waals surface area contributed by atoms with Gasteiger partial charge in [-0.1, -0.05) is 25.1 Å². The lowest BCUT2D eigenvalue weighted by Gasteiger charge is -2.34. The molecule has 128 valence electrons. The minimum absolute atomic E-state index is 0.374. The first-order valence-electron chi connectivity index (χ1n) is 8.72. The van der Waals surface area contributed by atoms with E-state index in [1.54, 1.807) is 0 Å². The SMILES string of the molecule is CCC1CN(C)c2ccccc2CN1CC1CCS(=O)(=O)CC1. The number of nitrogens with zero attached hydrogens (tertiary/aromatic N) is 2. The Bertz CT molecular complexity index is 630. The largest absolute Gasteiger partial charge is 0.373 e. The van der Waals surface area contributed by atoms with Gasteiger partial charge in [0.15, 0.2) is 0 Å². The van der Waals surface area contributed by atoms with E-state index in [0.717, 1.165) is 38.9 Å². The first kappa shape index (κ1) is 16.8. The zero-order chi connectivity index (χ0) is 16.4. The fourth-order valence-corrected chi connectivity index (χ4v) is 5.54. The fraction of sp³-hybridized carbons (Fsp3) is 0.667. The van der Waals surface area contributed by atoms with E-state index in [4.69, 9.17) is 0 Å². The molecule has 1 saturated heterocycles. The molecule has 1 fully saturated rings. The highest BCUT2D eigenvalue weighted by Gasteiger charge is 2.30. The molecule has 0 N–H and O–H groups in total. The Morgan fingerprint density at radius 2 is 1.87 bits per heavy atom. The van der Waals surface area contributed by atoms with Crippen LogP contribution in [-0.2, 0) is 16.4 Å². The van der Waals surface area contributed by atoms with Gasteiger partial charge in [-0.25, -0.2) is 8.42 Å². The van der Waals surface area contributed by atoms with Crippen molar-refractivity contribution >= 4 is 15.5 Å². The van der Waals surface area contributed by atoms with Gasteiger partial charge in [-0.05, 0) is 36.8 Å². The van der Waals surface area contributed by atoms with Crippen LogP contribution in [0.3, 0.4) is 0 Å². The van der Waals surface area contributed by atoms with Crippen LogP contribution in [0.25, 0.3) is 0 Å². The van der Waals surface area contributed by atoms with Gasteiger partial charge in [0.2, 0.25) is 0 Å². The molecule has 5 heteroatoms. The Kier molecular flexibility index (Phi) is 4.97. The van der Waals surface area contributed by atoms with E-state index in [1.165, 1.54) is 11.3 Å². The maximum absolute atomic E-state index is 11.7. The molecule has 1 aromatic rings. The summed E-state index contributed by atoms with van der Waals surface area (Å²) in [7, 11) is -0.588. The fourth-order valence-electron chi connectivity index (χ4n) is 3.95. The van der Waals surface area contributed by atoms with Crippen LogP contribution in [0.5, 0.6) is 0 Å². The third kappa shape index (κ3) is 3.89. The van der Waals surface area contributed by atoms with Crippen molar-refractivity contribution in [3.63, 3.8) is 0 Å². The number of para-hydroxylation sites is 1. The molecule has 0 saturated carbocycles. The van der Waals surface area contributed by atoms with Crippen LogP contribution < -0.4 is 4.90 Å². The Labute approximate surface area is 140 Å². The molecule has 2 heterocycles. The van der Waals surface area contributed by atoms with Gasteiger partial charge in [0, 0.05) is 38.4 Å². The van der Waals surface area contributed by atoms with Gasteiger partial charge in [0.25, 0.3) is 0 Å². The number of rotatable bonds is 3. The molecule has 0 radical (unpaired) electrons. The molecule has 3 rings (SSSR count). The number of hydrogen-bond donors (Lipinski definition) is 0. The average Bonchev–Trinajstić information content (AvgIpc) is 2.66. The van der Waals surface area contributed by atoms with Gasteiger partial charge < -0.3 is 4.90 Å². The van der Waals surface area contributed by atoms with Gasteiger partial charge in [0.05, 0.1) is 11.5 Å². The summed E-state index contributed by atoms with van der Waals surface area (Å²) in [4.78, 5) is 4.96. The maximum atomic E-state index is 11.7. The average molecular weight is 337 g/mol. The van der Waals surface area contributed by atoms with Gasteiger partial charge >= 0.3 is 0 Å². The molecule has 2 aliphatic heterocycles. The first-order valence-corrected chi connectivity index (χ1v) is 10.5. The van der Waals surface area contributed by atoms with Gasteiger partial charge in [-0.3, -0.25) is 4.90 Å². The van der Waals surface area contributed by atoms with Crippen molar-refractivity contribution in [3.05, 3.63) is 29.8 Å². The lowest BCUT2D eigenvalue weighted by Crippen LogP contribution is -2.43. The molecule has 23 heavy (non-hydrogen) atoms. The molecule has 4 nitrogen and oxygen atoms in total. The zero-order valence-corrected chi connectivity index (χ0v) is 15.1. The predicted octanol–water partition coefficient (Wildman–Crippen LogP) is 2.54. The monoisotopic (exact) mass is 336 g/mol. The summed E-state index contributed by atoms with van der Waals surface area (Å²) in [5, 5.41) is 0. The van der Waals surface area contributed by atoms with E-state index in [-0.39, 0.29) is 0 Å².